The van der Waals surface area contributed by atoms with Crippen LogP contribution < -0.4 is 0 Å². The molecule has 0 aromatic carbocycles. The minimum Gasteiger partial charge on any atom is -0.443 e. The van der Waals surface area contributed by atoms with Gasteiger partial charge in [-0.2, -0.15) is 4.90 Å². The first kappa shape index (κ1) is 17.8. The Labute approximate surface area is 131 Å². The van der Waals surface area contributed by atoms with Crippen LogP contribution in [0, 0.1) is 0 Å². The molecule has 5 heteroatoms. The van der Waals surface area contributed by atoms with E-state index in [1.54, 1.807) is 71.9 Å². The van der Waals surface area contributed by atoms with Crippen molar-refractivity contribution in [1.82, 2.24) is 4.90 Å². The van der Waals surface area contributed by atoms with Gasteiger partial charge in [-0.05, 0) is 65.8 Å². The first-order valence-electron chi connectivity index (χ1n) is 7.05. The molecule has 0 aliphatic heterocycles. The predicted molar refractivity (Wildman–Crippen MR) is 84.2 cm³/mol. The van der Waals surface area contributed by atoms with E-state index in [0.29, 0.717) is 5.70 Å². The van der Waals surface area contributed by atoms with E-state index in [0.717, 1.165) is 4.90 Å². The number of hydrogen-bond acceptors (Lipinski definition) is 4. The summed E-state index contributed by atoms with van der Waals surface area (Å²) in [5.74, 6) is 0. The molecular formula is C17H23NO4. The maximum atomic E-state index is 12.4. The lowest BCUT2D eigenvalue weighted by Gasteiger charge is -2.28. The predicted octanol–water partition coefficient (Wildman–Crippen LogP) is 4.32. The smallest absolute Gasteiger partial charge is 0.424 e. The van der Waals surface area contributed by atoms with E-state index < -0.39 is 23.4 Å². The van der Waals surface area contributed by atoms with Crippen LogP contribution in [0.4, 0.5) is 9.59 Å². The number of imide groups is 1. The fourth-order valence-corrected chi connectivity index (χ4v) is 1.50. The number of amides is 2. The Morgan fingerprint density at radius 3 is 1.91 bits per heavy atom. The SMILES string of the molecule is CC(C)(C)OC(=O)N(C(=O)OC(C)(C)C)C1=CC=C=CC=C1. The zero-order valence-electron chi connectivity index (χ0n) is 14.0. The van der Waals surface area contributed by atoms with E-state index in [-0.39, 0.29) is 0 Å². The van der Waals surface area contributed by atoms with Gasteiger partial charge >= 0.3 is 12.2 Å². The van der Waals surface area contributed by atoms with E-state index in [1.165, 1.54) is 0 Å². The second kappa shape index (κ2) is 6.67. The molecule has 0 radical (unpaired) electrons. The van der Waals surface area contributed by atoms with Crippen LogP contribution in [0.5, 0.6) is 0 Å². The molecule has 0 atom stereocenters. The Bertz CT molecular complexity index is 536. The molecule has 120 valence electrons. The summed E-state index contributed by atoms with van der Waals surface area (Å²) in [5, 5.41) is 0. The van der Waals surface area contributed by atoms with Crippen LogP contribution in [-0.4, -0.2) is 28.3 Å². The van der Waals surface area contributed by atoms with Gasteiger partial charge in [0.25, 0.3) is 0 Å². The van der Waals surface area contributed by atoms with Gasteiger partial charge in [-0.25, -0.2) is 9.59 Å². The summed E-state index contributed by atoms with van der Waals surface area (Å²) in [7, 11) is 0. The standard InChI is InChI=1S/C17H23NO4/c1-16(2,3)21-14(19)18(15(20)22-17(4,5)6)13-11-9-7-8-10-12-13/h7,9-12H,1-6H3. The number of rotatable bonds is 1. The van der Waals surface area contributed by atoms with Gasteiger partial charge in [0, 0.05) is 0 Å². The van der Waals surface area contributed by atoms with Crippen LogP contribution >= 0.6 is 0 Å². The minimum absolute atomic E-state index is 0.352. The van der Waals surface area contributed by atoms with Gasteiger partial charge in [0.15, 0.2) is 0 Å². The van der Waals surface area contributed by atoms with E-state index in [9.17, 15) is 9.59 Å². The topological polar surface area (TPSA) is 55.8 Å². The highest BCUT2D eigenvalue weighted by Crippen LogP contribution is 2.19. The molecule has 0 saturated heterocycles. The fraction of sp³-hybridized carbons (Fsp3) is 0.471. The average molecular weight is 305 g/mol. The van der Waals surface area contributed by atoms with Gasteiger partial charge in [0.2, 0.25) is 0 Å². The maximum Gasteiger partial charge on any atom is 0.424 e. The molecule has 1 rings (SSSR count). The largest absolute Gasteiger partial charge is 0.443 e. The van der Waals surface area contributed by atoms with Crippen molar-refractivity contribution in [1.29, 1.82) is 0 Å². The summed E-state index contributed by atoms with van der Waals surface area (Å²) in [6.45, 7) is 10.4. The summed E-state index contributed by atoms with van der Waals surface area (Å²) < 4.78 is 10.6. The Hall–Kier alpha value is -2.26. The number of carbonyl (C=O) groups excluding carboxylic acids is 2. The third kappa shape index (κ3) is 6.02. The Balaban J connectivity index is 3.10. The van der Waals surface area contributed by atoms with Gasteiger partial charge < -0.3 is 9.47 Å². The third-order valence-electron chi connectivity index (χ3n) is 2.22. The Morgan fingerprint density at radius 2 is 1.45 bits per heavy atom. The summed E-state index contributed by atoms with van der Waals surface area (Å²) in [6, 6.07) is 0. The normalized spacial score (nSPS) is 14.2. The zero-order valence-corrected chi connectivity index (χ0v) is 14.0. The molecule has 5 nitrogen and oxygen atoms in total. The summed E-state index contributed by atoms with van der Waals surface area (Å²) >= 11 is 0. The van der Waals surface area contributed by atoms with Crippen molar-refractivity contribution >= 4 is 12.2 Å². The van der Waals surface area contributed by atoms with Crippen molar-refractivity contribution in [3.8, 4) is 0 Å². The van der Waals surface area contributed by atoms with Crippen LogP contribution in [0.1, 0.15) is 41.5 Å². The zero-order chi connectivity index (χ0) is 17.0. The van der Waals surface area contributed by atoms with Crippen molar-refractivity contribution in [2.75, 3.05) is 0 Å². The minimum atomic E-state index is -0.784. The number of ether oxygens (including phenoxy) is 2. The average Bonchev–Trinajstić information content (AvgIpc) is 2.52. The Kier molecular flexibility index (Phi) is 5.39. The van der Waals surface area contributed by atoms with E-state index in [2.05, 4.69) is 5.73 Å². The third-order valence-corrected chi connectivity index (χ3v) is 2.22. The van der Waals surface area contributed by atoms with Crippen molar-refractivity contribution in [2.24, 2.45) is 0 Å². The molecule has 0 spiro atoms. The summed E-state index contributed by atoms with van der Waals surface area (Å²) in [6.07, 6.45) is 6.60. The second-order valence-corrected chi connectivity index (χ2v) is 6.75. The lowest BCUT2D eigenvalue weighted by atomic mass is 10.2. The van der Waals surface area contributed by atoms with Crippen molar-refractivity contribution in [3.63, 3.8) is 0 Å². The van der Waals surface area contributed by atoms with E-state index >= 15 is 0 Å². The van der Waals surface area contributed by atoms with Crippen molar-refractivity contribution < 1.29 is 19.1 Å². The van der Waals surface area contributed by atoms with Crippen molar-refractivity contribution in [3.05, 3.63) is 41.8 Å². The molecule has 1 aliphatic rings. The number of nitrogens with zero attached hydrogens (tertiary/aromatic N) is 1. The van der Waals surface area contributed by atoms with E-state index in [1.807, 2.05) is 0 Å². The van der Waals surface area contributed by atoms with Crippen LogP contribution in [0.15, 0.2) is 41.8 Å². The molecule has 22 heavy (non-hydrogen) atoms. The quantitative estimate of drug-likeness (QED) is 0.677. The van der Waals surface area contributed by atoms with E-state index in [4.69, 9.17) is 9.47 Å². The monoisotopic (exact) mass is 305 g/mol. The first-order valence-corrected chi connectivity index (χ1v) is 7.05. The highest BCUT2D eigenvalue weighted by Gasteiger charge is 2.32. The van der Waals surface area contributed by atoms with Gasteiger partial charge in [-0.1, -0.05) is 6.08 Å². The molecule has 0 aromatic heterocycles. The molecule has 0 fully saturated rings. The lowest BCUT2D eigenvalue weighted by molar-refractivity contribution is 0.00903. The van der Waals surface area contributed by atoms with Crippen LogP contribution in [0.3, 0.4) is 0 Å². The Morgan fingerprint density at radius 1 is 0.955 bits per heavy atom. The summed E-state index contributed by atoms with van der Waals surface area (Å²) in [4.78, 5) is 25.6. The van der Waals surface area contributed by atoms with Gasteiger partial charge in [0.05, 0.1) is 5.70 Å². The van der Waals surface area contributed by atoms with Crippen LogP contribution in [-0.2, 0) is 9.47 Å². The first-order chi connectivity index (χ1) is 9.99. The second-order valence-electron chi connectivity index (χ2n) is 6.75. The highest BCUT2D eigenvalue weighted by molar-refractivity contribution is 5.91. The molecular weight excluding hydrogens is 282 g/mol. The molecule has 1 aliphatic carbocycles. The molecule has 0 saturated carbocycles. The maximum absolute atomic E-state index is 12.4. The number of carbonyl (C=O) groups is 2. The molecule has 0 N–H and O–H groups in total. The van der Waals surface area contributed by atoms with Gasteiger partial charge in [-0.15, -0.1) is 5.73 Å². The van der Waals surface area contributed by atoms with Crippen molar-refractivity contribution in [2.45, 2.75) is 52.7 Å². The highest BCUT2D eigenvalue weighted by atomic mass is 16.6. The molecule has 0 heterocycles. The summed E-state index contributed by atoms with van der Waals surface area (Å²) in [5.41, 5.74) is 1.77. The molecule has 2 amide bonds. The molecule has 0 bridgehead atoms. The van der Waals surface area contributed by atoms with Gasteiger partial charge in [-0.3, -0.25) is 0 Å². The van der Waals surface area contributed by atoms with Gasteiger partial charge in [0.1, 0.15) is 11.2 Å². The molecule has 0 aromatic rings. The fourth-order valence-electron chi connectivity index (χ4n) is 1.50. The lowest BCUT2D eigenvalue weighted by Crippen LogP contribution is -2.42. The van der Waals surface area contributed by atoms with Crippen LogP contribution in [0.25, 0.3) is 0 Å². The van der Waals surface area contributed by atoms with Crippen LogP contribution in [0.2, 0.25) is 0 Å². The number of hydrogen-bond donors (Lipinski definition) is 0. The number of allylic oxidation sites excluding steroid dienone is 4. The molecule has 0 unspecified atom stereocenters.